The maximum atomic E-state index is 9.29. The molecule has 2 nitrogen and oxygen atoms in total. The first-order valence-corrected chi connectivity index (χ1v) is 7.05. The van der Waals surface area contributed by atoms with E-state index in [1.54, 1.807) is 0 Å². The van der Waals surface area contributed by atoms with Crippen LogP contribution in [0, 0.1) is 11.3 Å². The Morgan fingerprint density at radius 2 is 2.13 bits per heavy atom. The Bertz CT molecular complexity index is 194. The highest BCUT2D eigenvalue weighted by Crippen LogP contribution is 2.33. The molecule has 0 aromatic rings. The van der Waals surface area contributed by atoms with Crippen molar-refractivity contribution in [3.63, 3.8) is 0 Å². The Morgan fingerprint density at radius 1 is 1.47 bits per heavy atom. The molecule has 1 aliphatic heterocycles. The van der Waals surface area contributed by atoms with Crippen molar-refractivity contribution >= 4 is 11.8 Å². The lowest BCUT2D eigenvalue weighted by Gasteiger charge is -2.37. The molecule has 15 heavy (non-hydrogen) atoms. The van der Waals surface area contributed by atoms with Gasteiger partial charge >= 0.3 is 0 Å². The summed E-state index contributed by atoms with van der Waals surface area (Å²) < 4.78 is 0. The van der Waals surface area contributed by atoms with Crippen molar-refractivity contribution < 1.29 is 5.11 Å². The second kappa shape index (κ2) is 5.55. The minimum atomic E-state index is 0.249. The Kier molecular flexibility index (Phi) is 4.94. The Morgan fingerprint density at radius 3 is 2.60 bits per heavy atom. The summed E-state index contributed by atoms with van der Waals surface area (Å²) in [5.41, 5.74) is 0.442. The van der Waals surface area contributed by atoms with Gasteiger partial charge in [0, 0.05) is 17.8 Å². The van der Waals surface area contributed by atoms with Crippen LogP contribution < -0.4 is 5.32 Å². The highest BCUT2D eigenvalue weighted by molar-refractivity contribution is 7.99. The summed E-state index contributed by atoms with van der Waals surface area (Å²) in [5.74, 6) is 2.95. The molecule has 1 rings (SSSR count). The lowest BCUT2D eigenvalue weighted by Crippen LogP contribution is -2.48. The molecule has 1 aliphatic rings. The van der Waals surface area contributed by atoms with E-state index >= 15 is 0 Å². The summed E-state index contributed by atoms with van der Waals surface area (Å²) in [6.07, 6.45) is 1.23. The van der Waals surface area contributed by atoms with Crippen LogP contribution in [0.1, 0.15) is 34.1 Å². The molecule has 0 saturated carbocycles. The average molecular weight is 231 g/mol. The molecule has 0 spiro atoms. The van der Waals surface area contributed by atoms with Crippen molar-refractivity contribution in [2.45, 2.75) is 46.2 Å². The first-order chi connectivity index (χ1) is 6.94. The summed E-state index contributed by atoms with van der Waals surface area (Å²) in [5, 5.41) is 12.9. The van der Waals surface area contributed by atoms with Gasteiger partial charge in [0.2, 0.25) is 0 Å². The molecule has 3 heteroatoms. The Labute approximate surface area is 98.2 Å². The van der Waals surface area contributed by atoms with Crippen LogP contribution in [0.5, 0.6) is 0 Å². The molecule has 1 saturated heterocycles. The largest absolute Gasteiger partial charge is 0.395 e. The van der Waals surface area contributed by atoms with Crippen LogP contribution >= 0.6 is 11.8 Å². The lowest BCUT2D eigenvalue weighted by molar-refractivity contribution is 0.188. The fraction of sp³-hybridized carbons (Fsp3) is 1.00. The maximum absolute atomic E-state index is 9.29. The van der Waals surface area contributed by atoms with E-state index in [4.69, 9.17) is 0 Å². The number of rotatable bonds is 4. The van der Waals surface area contributed by atoms with Crippen molar-refractivity contribution in [1.82, 2.24) is 5.32 Å². The fourth-order valence-electron chi connectivity index (χ4n) is 2.13. The van der Waals surface area contributed by atoms with Gasteiger partial charge in [-0.25, -0.2) is 0 Å². The van der Waals surface area contributed by atoms with Gasteiger partial charge in [-0.1, -0.05) is 27.7 Å². The van der Waals surface area contributed by atoms with E-state index in [2.05, 4.69) is 33.0 Å². The third-order valence-electron chi connectivity index (χ3n) is 3.06. The molecule has 0 radical (unpaired) electrons. The molecule has 2 N–H and O–H groups in total. The molecule has 1 heterocycles. The van der Waals surface area contributed by atoms with E-state index in [1.807, 2.05) is 11.8 Å². The number of hydrogen-bond donors (Lipinski definition) is 2. The Hall–Kier alpha value is 0.270. The first kappa shape index (κ1) is 13.3. The normalized spacial score (nSPS) is 28.0. The van der Waals surface area contributed by atoms with Crippen LogP contribution in [0.25, 0.3) is 0 Å². The van der Waals surface area contributed by atoms with Gasteiger partial charge in [0.05, 0.1) is 6.61 Å². The zero-order valence-electron chi connectivity index (χ0n) is 10.4. The molecule has 0 amide bonds. The van der Waals surface area contributed by atoms with Crippen molar-refractivity contribution in [1.29, 1.82) is 0 Å². The zero-order chi connectivity index (χ0) is 11.5. The van der Waals surface area contributed by atoms with E-state index in [0.29, 0.717) is 17.4 Å². The SMILES string of the molecule is CC(C)C(CO)NC1CSCC(C)(C)C1. The van der Waals surface area contributed by atoms with Gasteiger partial charge in [0.25, 0.3) is 0 Å². The number of thioether (sulfide) groups is 1. The van der Waals surface area contributed by atoms with Crippen LogP contribution in [-0.2, 0) is 0 Å². The summed E-state index contributed by atoms with van der Waals surface area (Å²) in [6.45, 7) is 9.23. The van der Waals surface area contributed by atoms with Crippen LogP contribution in [0.2, 0.25) is 0 Å². The minimum absolute atomic E-state index is 0.249. The zero-order valence-corrected chi connectivity index (χ0v) is 11.2. The van der Waals surface area contributed by atoms with Gasteiger partial charge < -0.3 is 10.4 Å². The van der Waals surface area contributed by atoms with Gasteiger partial charge in [-0.3, -0.25) is 0 Å². The van der Waals surface area contributed by atoms with E-state index in [1.165, 1.54) is 17.9 Å². The second-order valence-electron chi connectivity index (χ2n) is 5.78. The predicted octanol–water partition coefficient (Wildman–Crippen LogP) is 2.12. The average Bonchev–Trinajstić information content (AvgIpc) is 2.12. The van der Waals surface area contributed by atoms with Gasteiger partial charge in [-0.2, -0.15) is 11.8 Å². The summed E-state index contributed by atoms with van der Waals surface area (Å²) >= 11 is 2.03. The van der Waals surface area contributed by atoms with Crippen molar-refractivity contribution in [2.24, 2.45) is 11.3 Å². The lowest BCUT2D eigenvalue weighted by atomic mass is 9.87. The topological polar surface area (TPSA) is 32.3 Å². The van der Waals surface area contributed by atoms with E-state index in [-0.39, 0.29) is 12.6 Å². The Balaban J connectivity index is 2.43. The molecule has 2 unspecified atom stereocenters. The van der Waals surface area contributed by atoms with E-state index in [9.17, 15) is 5.11 Å². The fourth-order valence-corrected chi connectivity index (χ4v) is 3.42. The van der Waals surface area contributed by atoms with Gasteiger partial charge in [-0.05, 0) is 23.5 Å². The van der Waals surface area contributed by atoms with Crippen molar-refractivity contribution in [3.8, 4) is 0 Å². The van der Waals surface area contributed by atoms with Crippen molar-refractivity contribution in [3.05, 3.63) is 0 Å². The third-order valence-corrected chi connectivity index (χ3v) is 4.69. The monoisotopic (exact) mass is 231 g/mol. The highest BCUT2D eigenvalue weighted by atomic mass is 32.2. The molecule has 2 atom stereocenters. The standard InChI is InChI=1S/C12H25NOS/c1-9(2)11(6-14)13-10-5-12(3,4)8-15-7-10/h9-11,13-14H,5-8H2,1-4H3. The number of aliphatic hydroxyl groups is 1. The number of hydrogen-bond acceptors (Lipinski definition) is 3. The maximum Gasteiger partial charge on any atom is 0.0587 e. The molecule has 0 aliphatic carbocycles. The number of aliphatic hydroxyl groups excluding tert-OH is 1. The molecule has 1 fully saturated rings. The van der Waals surface area contributed by atoms with Crippen LogP contribution in [0.4, 0.5) is 0 Å². The molecule has 0 bridgehead atoms. The molecular weight excluding hydrogens is 206 g/mol. The summed E-state index contributed by atoms with van der Waals surface area (Å²) in [6, 6.07) is 0.822. The van der Waals surface area contributed by atoms with Crippen molar-refractivity contribution in [2.75, 3.05) is 18.1 Å². The van der Waals surface area contributed by atoms with E-state index in [0.717, 1.165) is 0 Å². The number of nitrogens with one attached hydrogen (secondary N) is 1. The van der Waals surface area contributed by atoms with Crippen LogP contribution in [0.3, 0.4) is 0 Å². The molecule has 0 aromatic carbocycles. The minimum Gasteiger partial charge on any atom is -0.395 e. The van der Waals surface area contributed by atoms with Crippen LogP contribution in [0.15, 0.2) is 0 Å². The van der Waals surface area contributed by atoms with Gasteiger partial charge in [0.15, 0.2) is 0 Å². The van der Waals surface area contributed by atoms with Gasteiger partial charge in [0.1, 0.15) is 0 Å². The predicted molar refractivity (Wildman–Crippen MR) is 68.4 cm³/mol. The highest BCUT2D eigenvalue weighted by Gasteiger charge is 2.29. The van der Waals surface area contributed by atoms with Gasteiger partial charge in [-0.15, -0.1) is 0 Å². The third kappa shape index (κ3) is 4.33. The molecule has 90 valence electrons. The first-order valence-electron chi connectivity index (χ1n) is 5.89. The molecule has 0 aromatic heterocycles. The van der Waals surface area contributed by atoms with Crippen LogP contribution in [-0.4, -0.2) is 35.3 Å². The van der Waals surface area contributed by atoms with E-state index < -0.39 is 0 Å². The summed E-state index contributed by atoms with van der Waals surface area (Å²) in [7, 11) is 0. The quantitative estimate of drug-likeness (QED) is 0.777. The smallest absolute Gasteiger partial charge is 0.0587 e. The second-order valence-corrected chi connectivity index (χ2v) is 6.81. The molecular formula is C12H25NOS. The summed E-state index contributed by atoms with van der Waals surface area (Å²) in [4.78, 5) is 0.